The van der Waals surface area contributed by atoms with Crippen LogP contribution in [0.4, 0.5) is 10.2 Å². The van der Waals surface area contributed by atoms with E-state index in [4.69, 9.17) is 9.57 Å². The number of rotatable bonds is 8. The molecule has 7 heteroatoms. The molecule has 3 aromatic rings. The van der Waals surface area contributed by atoms with Gasteiger partial charge in [-0.3, -0.25) is 0 Å². The smallest absolute Gasteiger partial charge is 0.347 e. The maximum absolute atomic E-state index is 13.9. The van der Waals surface area contributed by atoms with Gasteiger partial charge >= 0.3 is 6.01 Å². The van der Waals surface area contributed by atoms with Crippen molar-refractivity contribution in [3.8, 4) is 11.8 Å². The maximum atomic E-state index is 13.9. The number of hydrogen-bond acceptors (Lipinski definition) is 6. The summed E-state index contributed by atoms with van der Waals surface area (Å²) in [4.78, 5) is 12.9. The number of methoxy groups -OCH3 is 1. The van der Waals surface area contributed by atoms with E-state index >= 15 is 0 Å². The molecule has 0 fully saturated rings. The second kappa shape index (κ2) is 9.28. The Morgan fingerprint density at radius 2 is 1.85 bits per heavy atom. The van der Waals surface area contributed by atoms with E-state index in [-0.39, 0.29) is 11.8 Å². The van der Waals surface area contributed by atoms with Crippen molar-refractivity contribution in [3.05, 3.63) is 77.7 Å². The first-order valence-electron chi connectivity index (χ1n) is 8.36. The number of halogens is 1. The number of hydrogen-bond donors (Lipinski definition) is 1. The Morgan fingerprint density at radius 1 is 1.07 bits per heavy atom. The molecule has 0 unspecified atom stereocenters. The number of aromatic nitrogens is 2. The van der Waals surface area contributed by atoms with Crippen molar-refractivity contribution in [2.24, 2.45) is 5.16 Å². The summed E-state index contributed by atoms with van der Waals surface area (Å²) >= 11 is 0. The molecule has 0 saturated carbocycles. The summed E-state index contributed by atoms with van der Waals surface area (Å²) in [5.74, 6) is 0.245. The monoisotopic (exact) mass is 366 g/mol. The van der Waals surface area contributed by atoms with E-state index in [0.29, 0.717) is 13.0 Å². The first-order chi connectivity index (χ1) is 13.2. The molecule has 0 atom stereocenters. The highest BCUT2D eigenvalue weighted by atomic mass is 19.1. The second-order valence-corrected chi connectivity index (χ2v) is 5.62. The first-order valence-corrected chi connectivity index (χ1v) is 8.36. The van der Waals surface area contributed by atoms with E-state index in [0.717, 1.165) is 23.1 Å². The zero-order valence-electron chi connectivity index (χ0n) is 14.8. The van der Waals surface area contributed by atoms with Crippen molar-refractivity contribution < 1.29 is 14.0 Å². The van der Waals surface area contributed by atoms with Crippen LogP contribution in [0.2, 0.25) is 0 Å². The van der Waals surface area contributed by atoms with Crippen molar-refractivity contribution in [1.82, 2.24) is 9.97 Å². The summed E-state index contributed by atoms with van der Waals surface area (Å²) in [6.07, 6.45) is 3.27. The van der Waals surface area contributed by atoms with Gasteiger partial charge in [0.05, 0.1) is 13.3 Å². The molecule has 0 amide bonds. The molecule has 1 aromatic heterocycles. The summed E-state index contributed by atoms with van der Waals surface area (Å²) < 4.78 is 19.0. The van der Waals surface area contributed by atoms with E-state index in [2.05, 4.69) is 20.4 Å². The van der Waals surface area contributed by atoms with Crippen LogP contribution in [0.5, 0.6) is 11.8 Å². The highest BCUT2D eigenvalue weighted by molar-refractivity contribution is 5.60. The summed E-state index contributed by atoms with van der Waals surface area (Å²) in [7, 11) is 1.60. The molecule has 0 spiro atoms. The molecule has 0 aliphatic carbocycles. The highest BCUT2D eigenvalue weighted by Crippen LogP contribution is 2.16. The Hall–Kier alpha value is -3.48. The van der Waals surface area contributed by atoms with Gasteiger partial charge in [-0.15, -0.1) is 0 Å². The molecule has 0 saturated heterocycles. The third-order valence-corrected chi connectivity index (χ3v) is 3.72. The lowest BCUT2D eigenvalue weighted by Gasteiger charge is -2.08. The summed E-state index contributed by atoms with van der Waals surface area (Å²) in [6, 6.07) is 17.2. The number of benzene rings is 2. The SMILES string of the molecule is COc1ccc(CNc2nc(O/N=C/Cc3ccccc3)ncc2F)cc1. The minimum atomic E-state index is -0.566. The largest absolute Gasteiger partial charge is 0.497 e. The van der Waals surface area contributed by atoms with Crippen LogP contribution in [0.15, 0.2) is 65.9 Å². The Labute approximate surface area is 156 Å². The Kier molecular flexibility index (Phi) is 6.30. The average Bonchev–Trinajstić information content (AvgIpc) is 2.72. The van der Waals surface area contributed by atoms with Crippen molar-refractivity contribution in [2.45, 2.75) is 13.0 Å². The molecule has 27 heavy (non-hydrogen) atoms. The van der Waals surface area contributed by atoms with Crippen molar-refractivity contribution >= 4 is 12.0 Å². The molecule has 1 N–H and O–H groups in total. The molecule has 0 radical (unpaired) electrons. The van der Waals surface area contributed by atoms with Gasteiger partial charge < -0.3 is 14.9 Å². The molecule has 0 aliphatic heterocycles. The summed E-state index contributed by atoms with van der Waals surface area (Å²) in [5.41, 5.74) is 2.06. The quantitative estimate of drug-likeness (QED) is 0.484. The standard InChI is InChI=1S/C20H19FN4O2/c1-26-17-9-7-16(8-10-17)13-22-19-18(21)14-23-20(25-19)27-24-12-11-15-5-3-2-4-6-15/h2-10,12,14H,11,13H2,1H3,(H,22,23,25)/b24-12+. The number of nitrogens with zero attached hydrogens (tertiary/aromatic N) is 3. The van der Waals surface area contributed by atoms with Gasteiger partial charge in [0, 0.05) is 19.2 Å². The van der Waals surface area contributed by atoms with Crippen LogP contribution in [0.25, 0.3) is 0 Å². The van der Waals surface area contributed by atoms with Crippen LogP contribution in [-0.2, 0) is 13.0 Å². The fraction of sp³-hybridized carbons (Fsp3) is 0.150. The molecule has 3 rings (SSSR count). The molecule has 2 aromatic carbocycles. The van der Waals surface area contributed by atoms with Crippen molar-refractivity contribution in [3.63, 3.8) is 0 Å². The number of anilines is 1. The number of oxime groups is 1. The van der Waals surface area contributed by atoms with Crippen molar-refractivity contribution in [2.75, 3.05) is 12.4 Å². The summed E-state index contributed by atoms with van der Waals surface area (Å²) in [5, 5.41) is 6.76. The van der Waals surface area contributed by atoms with Gasteiger partial charge in [-0.1, -0.05) is 47.6 Å². The van der Waals surface area contributed by atoms with E-state index in [1.54, 1.807) is 13.3 Å². The van der Waals surface area contributed by atoms with Gasteiger partial charge in [0.25, 0.3) is 0 Å². The first kappa shape index (κ1) is 18.3. The normalized spacial score (nSPS) is 10.7. The van der Waals surface area contributed by atoms with Gasteiger partial charge in [0.1, 0.15) is 5.75 Å². The van der Waals surface area contributed by atoms with E-state index in [9.17, 15) is 4.39 Å². The molecule has 6 nitrogen and oxygen atoms in total. The van der Waals surface area contributed by atoms with Gasteiger partial charge in [-0.2, -0.15) is 9.97 Å². The molecular formula is C20H19FN4O2. The minimum absolute atomic E-state index is 0.0297. The summed E-state index contributed by atoms with van der Waals surface area (Å²) in [6.45, 7) is 0.397. The third-order valence-electron chi connectivity index (χ3n) is 3.72. The molecular weight excluding hydrogens is 347 g/mol. The predicted molar refractivity (Wildman–Crippen MR) is 102 cm³/mol. The van der Waals surface area contributed by atoms with Crippen LogP contribution in [0, 0.1) is 5.82 Å². The van der Waals surface area contributed by atoms with Gasteiger partial charge in [0.15, 0.2) is 11.6 Å². The fourth-order valence-corrected chi connectivity index (χ4v) is 2.29. The molecule has 0 aliphatic rings. The maximum Gasteiger partial charge on any atom is 0.347 e. The zero-order valence-corrected chi connectivity index (χ0v) is 14.8. The fourth-order valence-electron chi connectivity index (χ4n) is 2.29. The van der Waals surface area contributed by atoms with Crippen LogP contribution in [0.1, 0.15) is 11.1 Å². The Balaban J connectivity index is 1.56. The van der Waals surface area contributed by atoms with Crippen LogP contribution >= 0.6 is 0 Å². The van der Waals surface area contributed by atoms with E-state index in [1.807, 2.05) is 54.6 Å². The lowest BCUT2D eigenvalue weighted by Crippen LogP contribution is -2.05. The number of ether oxygens (including phenoxy) is 1. The van der Waals surface area contributed by atoms with Crippen molar-refractivity contribution in [1.29, 1.82) is 0 Å². The van der Waals surface area contributed by atoms with Gasteiger partial charge in [0.2, 0.25) is 0 Å². The average molecular weight is 366 g/mol. The van der Waals surface area contributed by atoms with E-state index in [1.165, 1.54) is 0 Å². The predicted octanol–water partition coefficient (Wildman–Crippen LogP) is 3.84. The lowest BCUT2D eigenvalue weighted by atomic mass is 10.2. The third kappa shape index (κ3) is 5.50. The molecule has 138 valence electrons. The minimum Gasteiger partial charge on any atom is -0.497 e. The van der Waals surface area contributed by atoms with Gasteiger partial charge in [-0.05, 0) is 23.3 Å². The van der Waals surface area contributed by atoms with Crippen LogP contribution < -0.4 is 14.9 Å². The van der Waals surface area contributed by atoms with E-state index < -0.39 is 5.82 Å². The van der Waals surface area contributed by atoms with Crippen LogP contribution in [0.3, 0.4) is 0 Å². The number of nitrogens with one attached hydrogen (secondary N) is 1. The van der Waals surface area contributed by atoms with Crippen LogP contribution in [-0.4, -0.2) is 23.3 Å². The van der Waals surface area contributed by atoms with Gasteiger partial charge in [-0.25, -0.2) is 4.39 Å². The second-order valence-electron chi connectivity index (χ2n) is 5.62. The Bertz CT molecular complexity index is 886. The zero-order chi connectivity index (χ0) is 18.9. The molecule has 1 heterocycles. The topological polar surface area (TPSA) is 68.6 Å². The lowest BCUT2D eigenvalue weighted by molar-refractivity contribution is 0.313. The Morgan fingerprint density at radius 3 is 2.59 bits per heavy atom. The highest BCUT2D eigenvalue weighted by Gasteiger charge is 2.08. The molecule has 0 bridgehead atoms.